The molecule has 4 nitrogen and oxygen atoms in total. The molecule has 0 spiro atoms. The summed E-state index contributed by atoms with van der Waals surface area (Å²) in [5, 5.41) is 0. The van der Waals surface area contributed by atoms with Crippen LogP contribution in [0.15, 0.2) is 59.6 Å². The molecule has 0 radical (unpaired) electrons. The Morgan fingerprint density at radius 3 is 2.38 bits per heavy atom. The number of rotatable bonds is 5. The van der Waals surface area contributed by atoms with Gasteiger partial charge in [0.15, 0.2) is 0 Å². The molecule has 0 atom stereocenters. The zero-order valence-electron chi connectivity index (χ0n) is 12.2. The van der Waals surface area contributed by atoms with Crippen LogP contribution >= 0.6 is 0 Å². The molecule has 0 aliphatic rings. The molecule has 0 heterocycles. The minimum absolute atomic E-state index is 0.139. The lowest BCUT2D eigenvalue weighted by molar-refractivity contribution is -0.112. The first kappa shape index (κ1) is 14.8. The van der Waals surface area contributed by atoms with E-state index in [1.807, 2.05) is 49.4 Å². The Hall–Kier alpha value is -2.62. The number of nitrogens with zero attached hydrogens (tertiary/aromatic N) is 2. The summed E-state index contributed by atoms with van der Waals surface area (Å²) in [5.74, 6) is 0.624. The summed E-state index contributed by atoms with van der Waals surface area (Å²) in [6, 6.07) is 16.8. The Balaban J connectivity index is 2.09. The topological polar surface area (TPSA) is 41.9 Å². The van der Waals surface area contributed by atoms with Gasteiger partial charge < -0.3 is 9.64 Å². The third-order valence-electron chi connectivity index (χ3n) is 3.05. The second kappa shape index (κ2) is 7.24. The molecule has 108 valence electrons. The molecule has 0 saturated carbocycles. The summed E-state index contributed by atoms with van der Waals surface area (Å²) in [6.07, 6.45) is 1.35. The van der Waals surface area contributed by atoms with E-state index in [0.29, 0.717) is 12.2 Å². The van der Waals surface area contributed by atoms with Gasteiger partial charge in [-0.3, -0.25) is 9.79 Å². The number of amides is 1. The van der Waals surface area contributed by atoms with Crippen molar-refractivity contribution in [3.8, 4) is 5.75 Å². The minimum atomic E-state index is -0.139. The molecule has 21 heavy (non-hydrogen) atoms. The molecule has 0 aliphatic carbocycles. The van der Waals surface area contributed by atoms with E-state index in [9.17, 15) is 4.79 Å². The second-order valence-corrected chi connectivity index (χ2v) is 4.37. The second-order valence-electron chi connectivity index (χ2n) is 4.37. The lowest BCUT2D eigenvalue weighted by atomic mass is 10.3. The molecule has 2 aromatic rings. The molecule has 0 fully saturated rings. The number of carbonyl (C=O) groups excluding carboxylic acids is 1. The van der Waals surface area contributed by atoms with E-state index in [2.05, 4.69) is 4.99 Å². The summed E-state index contributed by atoms with van der Waals surface area (Å²) in [4.78, 5) is 18.1. The van der Waals surface area contributed by atoms with Crippen molar-refractivity contribution in [2.75, 3.05) is 18.6 Å². The quantitative estimate of drug-likeness (QED) is 0.788. The average molecular weight is 282 g/mol. The van der Waals surface area contributed by atoms with Gasteiger partial charge in [-0.1, -0.05) is 18.2 Å². The summed E-state index contributed by atoms with van der Waals surface area (Å²) in [6.45, 7) is 2.53. The van der Waals surface area contributed by atoms with Crippen molar-refractivity contribution in [1.29, 1.82) is 0 Å². The van der Waals surface area contributed by atoms with E-state index in [-0.39, 0.29) is 5.91 Å². The SMILES string of the molecule is CCN(C(=O)C=Nc1ccc(OC)cc1)c1ccccc1. The van der Waals surface area contributed by atoms with Crippen LogP contribution in [0, 0.1) is 0 Å². The van der Waals surface area contributed by atoms with Gasteiger partial charge in [-0.15, -0.1) is 0 Å². The van der Waals surface area contributed by atoms with Crippen molar-refractivity contribution in [2.24, 2.45) is 4.99 Å². The molecule has 0 saturated heterocycles. The van der Waals surface area contributed by atoms with Crippen LogP contribution in [-0.4, -0.2) is 25.8 Å². The molecular formula is C17H18N2O2. The van der Waals surface area contributed by atoms with E-state index >= 15 is 0 Å². The van der Waals surface area contributed by atoms with Crippen LogP contribution in [0.4, 0.5) is 11.4 Å². The molecule has 0 aliphatic heterocycles. The van der Waals surface area contributed by atoms with Gasteiger partial charge in [0.1, 0.15) is 5.75 Å². The smallest absolute Gasteiger partial charge is 0.269 e. The fourth-order valence-corrected chi connectivity index (χ4v) is 1.94. The van der Waals surface area contributed by atoms with Crippen molar-refractivity contribution in [3.63, 3.8) is 0 Å². The van der Waals surface area contributed by atoms with E-state index in [0.717, 1.165) is 11.4 Å². The molecule has 0 N–H and O–H groups in total. The Labute approximate surface area is 124 Å². The maximum atomic E-state index is 12.2. The van der Waals surface area contributed by atoms with Crippen molar-refractivity contribution in [2.45, 2.75) is 6.92 Å². The Bertz CT molecular complexity index is 606. The molecule has 0 unspecified atom stereocenters. The predicted molar refractivity (Wildman–Crippen MR) is 85.6 cm³/mol. The van der Waals surface area contributed by atoms with Crippen LogP contribution in [0.3, 0.4) is 0 Å². The highest BCUT2D eigenvalue weighted by Crippen LogP contribution is 2.17. The standard InChI is InChI=1S/C17H18N2O2/c1-3-19(15-7-5-4-6-8-15)17(20)13-18-14-9-11-16(21-2)12-10-14/h4-13H,3H2,1-2H3. The van der Waals surface area contributed by atoms with Crippen molar-refractivity contribution < 1.29 is 9.53 Å². The van der Waals surface area contributed by atoms with E-state index < -0.39 is 0 Å². The summed E-state index contributed by atoms with van der Waals surface area (Å²) < 4.78 is 5.08. The number of hydrogen-bond acceptors (Lipinski definition) is 3. The number of benzene rings is 2. The fraction of sp³-hybridized carbons (Fsp3) is 0.176. The van der Waals surface area contributed by atoms with Gasteiger partial charge in [0.2, 0.25) is 0 Å². The van der Waals surface area contributed by atoms with E-state index in [4.69, 9.17) is 4.74 Å². The first-order valence-corrected chi connectivity index (χ1v) is 6.79. The van der Waals surface area contributed by atoms with Gasteiger partial charge in [-0.25, -0.2) is 0 Å². The molecular weight excluding hydrogens is 264 g/mol. The zero-order chi connectivity index (χ0) is 15.1. The molecule has 2 rings (SSSR count). The summed E-state index contributed by atoms with van der Waals surface area (Å²) in [5.41, 5.74) is 1.58. The van der Waals surface area contributed by atoms with Crippen molar-refractivity contribution >= 4 is 23.5 Å². The van der Waals surface area contributed by atoms with Crippen LogP contribution in [0.1, 0.15) is 6.92 Å². The number of carbonyl (C=O) groups is 1. The number of ether oxygens (including phenoxy) is 1. The Kier molecular flexibility index (Phi) is 5.10. The zero-order valence-corrected chi connectivity index (χ0v) is 12.2. The highest BCUT2D eigenvalue weighted by molar-refractivity contribution is 6.33. The number of hydrogen-bond donors (Lipinski definition) is 0. The van der Waals surface area contributed by atoms with Gasteiger partial charge >= 0.3 is 0 Å². The van der Waals surface area contributed by atoms with Gasteiger partial charge in [0.25, 0.3) is 5.91 Å². The van der Waals surface area contributed by atoms with Crippen LogP contribution in [0.2, 0.25) is 0 Å². The molecule has 1 amide bonds. The average Bonchev–Trinajstić information content (AvgIpc) is 2.55. The van der Waals surface area contributed by atoms with Crippen LogP contribution in [-0.2, 0) is 4.79 Å². The minimum Gasteiger partial charge on any atom is -0.497 e. The molecule has 2 aromatic carbocycles. The fourth-order valence-electron chi connectivity index (χ4n) is 1.94. The number of aliphatic imine (C=N–C) groups is 1. The predicted octanol–water partition coefficient (Wildman–Crippen LogP) is 3.45. The van der Waals surface area contributed by atoms with Crippen LogP contribution in [0.5, 0.6) is 5.75 Å². The van der Waals surface area contributed by atoms with Gasteiger partial charge in [-0.05, 0) is 43.3 Å². The first-order chi connectivity index (χ1) is 10.2. The van der Waals surface area contributed by atoms with E-state index in [1.54, 1.807) is 24.1 Å². The molecule has 4 heteroatoms. The number of para-hydroxylation sites is 1. The van der Waals surface area contributed by atoms with Gasteiger partial charge in [0, 0.05) is 12.2 Å². The normalized spacial score (nSPS) is 10.6. The van der Waals surface area contributed by atoms with Crippen LogP contribution < -0.4 is 9.64 Å². The number of methoxy groups -OCH3 is 1. The lowest BCUT2D eigenvalue weighted by Crippen LogP contribution is -2.31. The van der Waals surface area contributed by atoms with Crippen molar-refractivity contribution in [1.82, 2.24) is 0 Å². The third kappa shape index (κ3) is 3.92. The largest absolute Gasteiger partial charge is 0.497 e. The Morgan fingerprint density at radius 2 is 1.81 bits per heavy atom. The highest BCUT2D eigenvalue weighted by Gasteiger charge is 2.10. The maximum Gasteiger partial charge on any atom is 0.269 e. The molecule has 0 aromatic heterocycles. The third-order valence-corrected chi connectivity index (χ3v) is 3.05. The van der Waals surface area contributed by atoms with Gasteiger partial charge in [0.05, 0.1) is 19.0 Å². The van der Waals surface area contributed by atoms with Crippen LogP contribution in [0.25, 0.3) is 0 Å². The lowest BCUT2D eigenvalue weighted by Gasteiger charge is -2.18. The first-order valence-electron chi connectivity index (χ1n) is 6.79. The molecule has 0 bridgehead atoms. The monoisotopic (exact) mass is 282 g/mol. The summed E-state index contributed by atoms with van der Waals surface area (Å²) >= 11 is 0. The van der Waals surface area contributed by atoms with Gasteiger partial charge in [-0.2, -0.15) is 0 Å². The van der Waals surface area contributed by atoms with Crippen molar-refractivity contribution in [3.05, 3.63) is 54.6 Å². The maximum absolute atomic E-state index is 12.2. The number of anilines is 1. The van der Waals surface area contributed by atoms with E-state index in [1.165, 1.54) is 6.21 Å². The summed E-state index contributed by atoms with van der Waals surface area (Å²) in [7, 11) is 1.61. The highest BCUT2D eigenvalue weighted by atomic mass is 16.5. The Morgan fingerprint density at radius 1 is 1.14 bits per heavy atom.